The highest BCUT2D eigenvalue weighted by atomic mass is 127. The van der Waals surface area contributed by atoms with E-state index in [2.05, 4.69) is 21.1 Å². The predicted octanol–water partition coefficient (Wildman–Crippen LogP) is 4.24. The van der Waals surface area contributed by atoms with Crippen LogP contribution in [-0.2, 0) is 24.4 Å². The maximum atomic E-state index is 12.3. The van der Waals surface area contributed by atoms with Crippen LogP contribution in [-0.4, -0.2) is 48.9 Å². The van der Waals surface area contributed by atoms with Gasteiger partial charge in [0.2, 0.25) is 5.91 Å². The van der Waals surface area contributed by atoms with Gasteiger partial charge in [0.15, 0.2) is 5.96 Å². The van der Waals surface area contributed by atoms with Gasteiger partial charge in [0.05, 0.1) is 0 Å². The second-order valence-corrected chi connectivity index (χ2v) is 7.52. The van der Waals surface area contributed by atoms with Crippen LogP contribution in [0.1, 0.15) is 29.5 Å². The maximum absolute atomic E-state index is 12.3. The van der Waals surface area contributed by atoms with Gasteiger partial charge in [0.1, 0.15) is 5.75 Å². The van der Waals surface area contributed by atoms with E-state index in [1.54, 1.807) is 19.2 Å². The third-order valence-corrected chi connectivity index (χ3v) is 5.13. The minimum Gasteiger partial charge on any atom is -0.435 e. The Labute approximate surface area is 204 Å². The van der Waals surface area contributed by atoms with Crippen molar-refractivity contribution in [1.29, 1.82) is 0 Å². The number of halogens is 3. The lowest BCUT2D eigenvalue weighted by Gasteiger charge is -2.22. The summed E-state index contributed by atoms with van der Waals surface area (Å²) in [4.78, 5) is 20.0. The minimum absolute atomic E-state index is 0. The molecule has 1 N–H and O–H groups in total. The standard InChI is InChI=1S/C23H28F2N4O2.HI/c1-26-23(28(2)15-17-8-10-20(11-9-17)31-22(24)25)27-14-18-5-3-6-19(13-18)16-29-12-4-7-21(29)30;/h3,5-6,8-11,13,22H,4,7,12,14-16H2,1-2H3,(H,26,27);1H. The summed E-state index contributed by atoms with van der Waals surface area (Å²) in [5.74, 6) is 1.08. The molecule has 0 aliphatic carbocycles. The van der Waals surface area contributed by atoms with Crippen LogP contribution in [0.4, 0.5) is 8.78 Å². The van der Waals surface area contributed by atoms with Crippen LogP contribution in [0.5, 0.6) is 5.75 Å². The monoisotopic (exact) mass is 558 g/mol. The van der Waals surface area contributed by atoms with Crippen LogP contribution in [0.2, 0.25) is 0 Å². The summed E-state index contributed by atoms with van der Waals surface area (Å²) in [5.41, 5.74) is 3.17. The molecule has 9 heteroatoms. The largest absolute Gasteiger partial charge is 0.435 e. The molecule has 0 unspecified atom stereocenters. The smallest absolute Gasteiger partial charge is 0.387 e. The number of alkyl halides is 2. The topological polar surface area (TPSA) is 57.2 Å². The Bertz CT molecular complexity index is 909. The van der Waals surface area contributed by atoms with E-state index in [0.29, 0.717) is 32.0 Å². The Hall–Kier alpha value is -2.43. The lowest BCUT2D eigenvalue weighted by molar-refractivity contribution is -0.128. The third kappa shape index (κ3) is 7.61. The molecule has 0 aromatic heterocycles. The number of carbonyl (C=O) groups is 1. The fourth-order valence-electron chi connectivity index (χ4n) is 3.62. The SMILES string of the molecule is CN=C(NCc1cccc(CN2CCCC2=O)c1)N(C)Cc1ccc(OC(F)F)cc1.I. The van der Waals surface area contributed by atoms with Gasteiger partial charge in [-0.05, 0) is 35.2 Å². The zero-order valence-electron chi connectivity index (χ0n) is 18.3. The van der Waals surface area contributed by atoms with Gasteiger partial charge in [-0.3, -0.25) is 9.79 Å². The molecule has 1 heterocycles. The number of carbonyl (C=O) groups excluding carboxylic acids is 1. The summed E-state index contributed by atoms with van der Waals surface area (Å²) in [5, 5.41) is 3.34. The average Bonchev–Trinajstić information content (AvgIpc) is 3.14. The Kier molecular flexibility index (Phi) is 10.1. The Morgan fingerprint density at radius 1 is 1.19 bits per heavy atom. The van der Waals surface area contributed by atoms with Crippen LogP contribution >= 0.6 is 24.0 Å². The summed E-state index contributed by atoms with van der Waals surface area (Å²) in [6.45, 7) is -0.197. The van der Waals surface area contributed by atoms with Crippen molar-refractivity contribution in [2.45, 2.75) is 39.1 Å². The van der Waals surface area contributed by atoms with Crippen molar-refractivity contribution in [3.8, 4) is 5.75 Å². The third-order valence-electron chi connectivity index (χ3n) is 5.13. The normalized spacial score (nSPS) is 13.8. The molecule has 0 radical (unpaired) electrons. The van der Waals surface area contributed by atoms with Crippen LogP contribution in [0.25, 0.3) is 0 Å². The molecule has 1 fully saturated rings. The molecule has 1 aliphatic heterocycles. The van der Waals surface area contributed by atoms with Crippen molar-refractivity contribution in [1.82, 2.24) is 15.1 Å². The Morgan fingerprint density at radius 3 is 2.53 bits per heavy atom. The first-order chi connectivity index (χ1) is 14.9. The van der Waals surface area contributed by atoms with Gasteiger partial charge >= 0.3 is 6.61 Å². The van der Waals surface area contributed by atoms with E-state index in [1.165, 1.54) is 12.1 Å². The van der Waals surface area contributed by atoms with Gasteiger partial charge < -0.3 is 19.9 Å². The molecule has 6 nitrogen and oxygen atoms in total. The van der Waals surface area contributed by atoms with Crippen molar-refractivity contribution < 1.29 is 18.3 Å². The van der Waals surface area contributed by atoms with Crippen molar-refractivity contribution in [2.75, 3.05) is 20.6 Å². The van der Waals surface area contributed by atoms with Gasteiger partial charge in [0.25, 0.3) is 0 Å². The average molecular weight is 558 g/mol. The van der Waals surface area contributed by atoms with E-state index >= 15 is 0 Å². The number of hydrogen-bond donors (Lipinski definition) is 1. The molecule has 2 aromatic carbocycles. The van der Waals surface area contributed by atoms with Crippen LogP contribution in [0, 0.1) is 0 Å². The minimum atomic E-state index is -2.83. The van der Waals surface area contributed by atoms with Crippen molar-refractivity contribution in [2.24, 2.45) is 4.99 Å². The van der Waals surface area contributed by atoms with Crippen LogP contribution in [0.15, 0.2) is 53.5 Å². The van der Waals surface area contributed by atoms with Crippen LogP contribution in [0.3, 0.4) is 0 Å². The number of guanidine groups is 1. The molecular weight excluding hydrogens is 529 g/mol. The van der Waals surface area contributed by atoms with E-state index in [-0.39, 0.29) is 35.6 Å². The Morgan fingerprint density at radius 2 is 1.91 bits per heavy atom. The number of likely N-dealkylation sites (tertiary alicyclic amines) is 1. The highest BCUT2D eigenvalue weighted by Gasteiger charge is 2.20. The second kappa shape index (κ2) is 12.6. The Balaban J connectivity index is 0.00000363. The van der Waals surface area contributed by atoms with Gasteiger partial charge in [-0.1, -0.05) is 36.4 Å². The lowest BCUT2D eigenvalue weighted by atomic mass is 10.1. The zero-order chi connectivity index (χ0) is 22.2. The van der Waals surface area contributed by atoms with E-state index in [4.69, 9.17) is 0 Å². The molecular formula is C23H29F2IN4O2. The van der Waals surface area contributed by atoms with E-state index < -0.39 is 6.61 Å². The summed E-state index contributed by atoms with van der Waals surface area (Å²) >= 11 is 0. The number of benzene rings is 2. The van der Waals surface area contributed by atoms with Gasteiger partial charge in [-0.2, -0.15) is 8.78 Å². The molecule has 0 spiro atoms. The first-order valence-corrected chi connectivity index (χ1v) is 10.3. The van der Waals surface area contributed by atoms with Crippen molar-refractivity contribution in [3.05, 3.63) is 65.2 Å². The highest BCUT2D eigenvalue weighted by molar-refractivity contribution is 14.0. The van der Waals surface area contributed by atoms with Gasteiger partial charge in [0, 0.05) is 46.7 Å². The van der Waals surface area contributed by atoms with Gasteiger partial charge in [-0.25, -0.2) is 0 Å². The fourth-order valence-corrected chi connectivity index (χ4v) is 3.62. The zero-order valence-corrected chi connectivity index (χ0v) is 20.6. The van der Waals surface area contributed by atoms with E-state index in [9.17, 15) is 13.6 Å². The quantitative estimate of drug-likeness (QED) is 0.300. The number of ether oxygens (including phenoxy) is 1. The summed E-state index contributed by atoms with van der Waals surface area (Å²) < 4.78 is 28.9. The molecule has 1 amide bonds. The predicted molar refractivity (Wildman–Crippen MR) is 131 cm³/mol. The number of hydrogen-bond acceptors (Lipinski definition) is 3. The first-order valence-electron chi connectivity index (χ1n) is 10.3. The summed E-state index contributed by atoms with van der Waals surface area (Å²) in [6, 6.07) is 14.8. The summed E-state index contributed by atoms with van der Waals surface area (Å²) in [7, 11) is 3.63. The highest BCUT2D eigenvalue weighted by Crippen LogP contribution is 2.17. The maximum Gasteiger partial charge on any atom is 0.387 e. The molecule has 1 aliphatic rings. The fraction of sp³-hybridized carbons (Fsp3) is 0.391. The number of nitrogens with one attached hydrogen (secondary N) is 1. The molecule has 3 rings (SSSR count). The van der Waals surface area contributed by atoms with E-state index in [1.807, 2.05) is 35.0 Å². The molecule has 0 bridgehead atoms. The van der Waals surface area contributed by atoms with Gasteiger partial charge in [-0.15, -0.1) is 24.0 Å². The van der Waals surface area contributed by atoms with E-state index in [0.717, 1.165) is 29.7 Å². The number of rotatable bonds is 8. The number of aliphatic imine (C=N–C) groups is 1. The van der Waals surface area contributed by atoms with Crippen LogP contribution < -0.4 is 10.1 Å². The first kappa shape index (κ1) is 25.8. The van der Waals surface area contributed by atoms with Crippen molar-refractivity contribution >= 4 is 35.8 Å². The number of amides is 1. The lowest BCUT2D eigenvalue weighted by Crippen LogP contribution is -2.38. The second-order valence-electron chi connectivity index (χ2n) is 7.52. The number of nitrogens with zero attached hydrogens (tertiary/aromatic N) is 3. The molecule has 2 aromatic rings. The molecule has 174 valence electrons. The molecule has 0 atom stereocenters. The van der Waals surface area contributed by atoms with Crippen molar-refractivity contribution in [3.63, 3.8) is 0 Å². The molecule has 1 saturated heterocycles. The summed E-state index contributed by atoms with van der Waals surface area (Å²) in [6.07, 6.45) is 1.58. The molecule has 32 heavy (non-hydrogen) atoms. The molecule has 0 saturated carbocycles.